The van der Waals surface area contributed by atoms with E-state index in [9.17, 15) is 9.90 Å². The molecule has 1 aliphatic rings. The van der Waals surface area contributed by atoms with Crippen LogP contribution in [0.15, 0.2) is 0 Å². The maximum atomic E-state index is 11.5. The first-order valence-electron chi connectivity index (χ1n) is 5.85. The van der Waals surface area contributed by atoms with Gasteiger partial charge in [-0.1, -0.05) is 12.8 Å². The fraction of sp³-hybridized carbons (Fsp3) is 0.909. The van der Waals surface area contributed by atoms with E-state index in [0.29, 0.717) is 6.54 Å². The molecule has 0 aromatic carbocycles. The van der Waals surface area contributed by atoms with Gasteiger partial charge in [0.1, 0.15) is 6.04 Å². The van der Waals surface area contributed by atoms with Crippen molar-refractivity contribution in [1.29, 1.82) is 0 Å². The molecule has 1 fully saturated rings. The Hall–Kier alpha value is -0.360. The van der Waals surface area contributed by atoms with Crippen molar-refractivity contribution in [2.75, 3.05) is 20.3 Å². The summed E-state index contributed by atoms with van der Waals surface area (Å²) < 4.78 is 4.80. The van der Waals surface area contributed by atoms with Crippen LogP contribution in [0, 0.1) is 5.92 Å². The summed E-state index contributed by atoms with van der Waals surface area (Å²) in [6.07, 6.45) is 3.73. The molecule has 6 heteroatoms. The molecular formula is C11H23ClN2O3. The van der Waals surface area contributed by atoms with Crippen LogP contribution < -0.4 is 11.1 Å². The number of halogens is 1. The number of aliphatic hydroxyl groups is 1. The fourth-order valence-electron chi connectivity index (χ4n) is 2.04. The maximum absolute atomic E-state index is 11.5. The smallest absolute Gasteiger partial charge is 0.239 e. The van der Waals surface area contributed by atoms with Crippen molar-refractivity contribution in [3.8, 4) is 0 Å². The van der Waals surface area contributed by atoms with Gasteiger partial charge in [0.25, 0.3) is 0 Å². The minimum Gasteiger partial charge on any atom is -0.393 e. The zero-order chi connectivity index (χ0) is 12.0. The van der Waals surface area contributed by atoms with Crippen LogP contribution in [0.4, 0.5) is 0 Å². The zero-order valence-corrected chi connectivity index (χ0v) is 11.0. The Labute approximate surface area is 108 Å². The van der Waals surface area contributed by atoms with Crippen LogP contribution in [0.2, 0.25) is 0 Å². The predicted octanol–water partition coefficient (Wildman–Crippen LogP) is 0.0492. The normalized spacial score (nSPS) is 25.8. The molecule has 1 amide bonds. The number of methoxy groups -OCH3 is 1. The maximum Gasteiger partial charge on any atom is 0.239 e. The number of carbonyl (C=O) groups is 1. The Morgan fingerprint density at radius 3 is 2.76 bits per heavy atom. The Balaban J connectivity index is 0.00000256. The van der Waals surface area contributed by atoms with Gasteiger partial charge < -0.3 is 20.9 Å². The summed E-state index contributed by atoms with van der Waals surface area (Å²) in [6.45, 7) is 0.733. The Kier molecular flexibility index (Phi) is 8.51. The molecular weight excluding hydrogens is 244 g/mol. The van der Waals surface area contributed by atoms with Gasteiger partial charge in [-0.05, 0) is 12.8 Å². The summed E-state index contributed by atoms with van der Waals surface area (Å²) in [5, 5.41) is 12.5. The molecule has 0 heterocycles. The number of amides is 1. The molecule has 5 nitrogen and oxygen atoms in total. The van der Waals surface area contributed by atoms with E-state index in [2.05, 4.69) is 5.32 Å². The monoisotopic (exact) mass is 266 g/mol. The topological polar surface area (TPSA) is 84.6 Å². The minimum atomic E-state index is -0.620. The first kappa shape index (κ1) is 16.6. The average Bonchev–Trinajstić information content (AvgIpc) is 2.28. The highest BCUT2D eigenvalue weighted by Gasteiger charge is 2.24. The van der Waals surface area contributed by atoms with E-state index < -0.39 is 6.04 Å². The van der Waals surface area contributed by atoms with E-state index in [1.54, 1.807) is 0 Å². The van der Waals surface area contributed by atoms with Crippen LogP contribution in [-0.2, 0) is 9.53 Å². The highest BCUT2D eigenvalue weighted by atomic mass is 35.5. The molecule has 4 N–H and O–H groups in total. The van der Waals surface area contributed by atoms with E-state index in [1.807, 2.05) is 0 Å². The molecule has 3 atom stereocenters. The van der Waals surface area contributed by atoms with Gasteiger partial charge in [-0.3, -0.25) is 4.79 Å². The summed E-state index contributed by atoms with van der Waals surface area (Å²) in [7, 11) is 1.51. The molecule has 0 saturated heterocycles. The highest BCUT2D eigenvalue weighted by molar-refractivity contribution is 5.85. The molecule has 3 unspecified atom stereocenters. The number of hydrogen-bond donors (Lipinski definition) is 3. The van der Waals surface area contributed by atoms with Gasteiger partial charge in [-0.15, -0.1) is 12.4 Å². The number of hydrogen-bond acceptors (Lipinski definition) is 4. The third-order valence-electron chi connectivity index (χ3n) is 3.09. The third kappa shape index (κ3) is 5.68. The Bertz CT molecular complexity index is 229. The van der Waals surface area contributed by atoms with Gasteiger partial charge in [0, 0.05) is 19.6 Å². The molecule has 1 aliphatic carbocycles. The van der Waals surface area contributed by atoms with Crippen molar-refractivity contribution in [3.05, 3.63) is 0 Å². The first-order valence-corrected chi connectivity index (χ1v) is 5.85. The van der Waals surface area contributed by atoms with Crippen molar-refractivity contribution in [1.82, 2.24) is 5.32 Å². The molecule has 1 rings (SSSR count). The lowest BCUT2D eigenvalue weighted by Crippen LogP contribution is -2.46. The van der Waals surface area contributed by atoms with Crippen LogP contribution >= 0.6 is 12.4 Å². The Morgan fingerprint density at radius 1 is 1.53 bits per heavy atom. The van der Waals surface area contributed by atoms with E-state index >= 15 is 0 Å². The largest absolute Gasteiger partial charge is 0.393 e. The van der Waals surface area contributed by atoms with Gasteiger partial charge in [-0.2, -0.15) is 0 Å². The summed E-state index contributed by atoms with van der Waals surface area (Å²) in [5.41, 5.74) is 5.58. The number of carbonyl (C=O) groups excluding carboxylic acids is 1. The molecule has 0 radical (unpaired) electrons. The van der Waals surface area contributed by atoms with Crippen LogP contribution in [-0.4, -0.2) is 43.4 Å². The summed E-state index contributed by atoms with van der Waals surface area (Å²) in [5.74, 6) is -0.0351. The van der Waals surface area contributed by atoms with Gasteiger partial charge in [0.2, 0.25) is 5.91 Å². The van der Waals surface area contributed by atoms with Gasteiger partial charge in [0.05, 0.1) is 12.7 Å². The first-order chi connectivity index (χ1) is 7.65. The lowest BCUT2D eigenvalue weighted by atomic mass is 9.86. The van der Waals surface area contributed by atoms with Gasteiger partial charge in [-0.25, -0.2) is 0 Å². The van der Waals surface area contributed by atoms with Crippen molar-refractivity contribution in [2.45, 2.75) is 37.8 Å². The molecule has 0 spiro atoms. The summed E-state index contributed by atoms with van der Waals surface area (Å²) >= 11 is 0. The summed E-state index contributed by atoms with van der Waals surface area (Å²) in [4.78, 5) is 11.5. The van der Waals surface area contributed by atoms with Crippen molar-refractivity contribution >= 4 is 18.3 Å². The minimum absolute atomic E-state index is 0. The quantitative estimate of drug-likeness (QED) is 0.656. The molecule has 1 saturated carbocycles. The molecule has 0 aromatic heterocycles. The van der Waals surface area contributed by atoms with Crippen molar-refractivity contribution < 1.29 is 14.6 Å². The fourth-order valence-corrected chi connectivity index (χ4v) is 2.04. The predicted molar refractivity (Wildman–Crippen MR) is 68.1 cm³/mol. The lowest BCUT2D eigenvalue weighted by Gasteiger charge is -2.28. The van der Waals surface area contributed by atoms with E-state index in [4.69, 9.17) is 10.5 Å². The molecule has 0 aliphatic heterocycles. The molecule has 0 bridgehead atoms. The molecule has 102 valence electrons. The Morgan fingerprint density at radius 2 is 2.18 bits per heavy atom. The lowest BCUT2D eigenvalue weighted by molar-refractivity contribution is -0.123. The summed E-state index contributed by atoms with van der Waals surface area (Å²) in [6, 6.07) is -0.620. The van der Waals surface area contributed by atoms with E-state index in [0.717, 1.165) is 25.7 Å². The van der Waals surface area contributed by atoms with E-state index in [-0.39, 0.29) is 36.9 Å². The number of rotatable bonds is 5. The van der Waals surface area contributed by atoms with E-state index in [1.165, 1.54) is 7.11 Å². The van der Waals surface area contributed by atoms with Gasteiger partial charge >= 0.3 is 0 Å². The number of nitrogens with two attached hydrogens (primary N) is 1. The molecule has 0 aromatic rings. The van der Waals surface area contributed by atoms with Gasteiger partial charge in [0.15, 0.2) is 0 Å². The zero-order valence-electron chi connectivity index (χ0n) is 10.2. The molecule has 17 heavy (non-hydrogen) atoms. The van der Waals surface area contributed by atoms with Crippen molar-refractivity contribution in [2.24, 2.45) is 11.7 Å². The second-order valence-electron chi connectivity index (χ2n) is 4.42. The second-order valence-corrected chi connectivity index (χ2v) is 4.42. The number of aliphatic hydroxyl groups excluding tert-OH is 1. The average molecular weight is 267 g/mol. The second kappa shape index (κ2) is 8.69. The third-order valence-corrected chi connectivity index (χ3v) is 3.09. The standard InChI is InChI=1S/C11H22N2O3.ClH/c1-16-7-9(12)11(15)13-6-8-4-2-3-5-10(8)14;/h8-10,14H,2-7,12H2,1H3,(H,13,15);1H. The highest BCUT2D eigenvalue weighted by Crippen LogP contribution is 2.23. The SMILES string of the molecule is COCC(N)C(=O)NCC1CCCCC1O.Cl. The number of nitrogens with one attached hydrogen (secondary N) is 1. The van der Waals surface area contributed by atoms with Crippen LogP contribution in [0.5, 0.6) is 0 Å². The van der Waals surface area contributed by atoms with Crippen LogP contribution in [0.3, 0.4) is 0 Å². The van der Waals surface area contributed by atoms with Crippen molar-refractivity contribution in [3.63, 3.8) is 0 Å². The van der Waals surface area contributed by atoms with Crippen LogP contribution in [0.25, 0.3) is 0 Å². The van der Waals surface area contributed by atoms with Crippen LogP contribution in [0.1, 0.15) is 25.7 Å². The number of ether oxygens (including phenoxy) is 1.